The van der Waals surface area contributed by atoms with Crippen molar-refractivity contribution < 1.29 is 0 Å². The van der Waals surface area contributed by atoms with Crippen LogP contribution in [0.5, 0.6) is 0 Å². The lowest BCUT2D eigenvalue weighted by atomic mass is 10.1. The minimum Gasteiger partial charge on any atom is -0.378 e. The van der Waals surface area contributed by atoms with Gasteiger partial charge in [-0.3, -0.25) is 14.6 Å². The summed E-state index contributed by atoms with van der Waals surface area (Å²) in [4.78, 5) is 8.59. The van der Waals surface area contributed by atoms with E-state index in [0.29, 0.717) is 0 Å². The molecule has 1 N–H and O–H groups in total. The molecule has 3 aromatic rings. The van der Waals surface area contributed by atoms with Gasteiger partial charge in [0, 0.05) is 36.4 Å². The average molecular weight is 267 g/mol. The summed E-state index contributed by atoms with van der Waals surface area (Å²) in [5.41, 5.74) is 4.01. The number of hydrogen-bond donors (Lipinski definition) is 1. The maximum Gasteiger partial charge on any atom is 0.0907 e. The van der Waals surface area contributed by atoms with Gasteiger partial charge in [-0.15, -0.1) is 0 Å². The Morgan fingerprint density at radius 3 is 2.75 bits per heavy atom. The van der Waals surface area contributed by atoms with Gasteiger partial charge in [-0.2, -0.15) is 5.10 Å². The summed E-state index contributed by atoms with van der Waals surface area (Å²) in [6.07, 6.45) is 7.39. The summed E-state index contributed by atoms with van der Waals surface area (Å²) in [5, 5.41) is 7.77. The van der Waals surface area contributed by atoms with Gasteiger partial charge in [-0.05, 0) is 32.0 Å². The summed E-state index contributed by atoms with van der Waals surface area (Å²) < 4.78 is 1.93. The van der Waals surface area contributed by atoms with Crippen LogP contribution < -0.4 is 5.32 Å². The molecular formula is C15H17N5. The van der Waals surface area contributed by atoms with Gasteiger partial charge in [0.1, 0.15) is 0 Å². The van der Waals surface area contributed by atoms with Crippen LogP contribution in [0.1, 0.15) is 25.5 Å². The lowest BCUT2D eigenvalue weighted by molar-refractivity contribution is 0.658. The van der Waals surface area contributed by atoms with Crippen LogP contribution in [0.25, 0.3) is 11.0 Å². The number of rotatable bonds is 4. The number of aromatic nitrogens is 4. The molecule has 0 saturated carbocycles. The van der Waals surface area contributed by atoms with Crippen molar-refractivity contribution in [2.45, 2.75) is 26.4 Å². The van der Waals surface area contributed by atoms with Crippen molar-refractivity contribution in [2.75, 3.05) is 5.32 Å². The van der Waals surface area contributed by atoms with E-state index in [1.54, 1.807) is 12.4 Å². The van der Waals surface area contributed by atoms with Gasteiger partial charge in [0.2, 0.25) is 0 Å². The van der Waals surface area contributed by atoms with Crippen LogP contribution in [0.4, 0.5) is 5.69 Å². The van der Waals surface area contributed by atoms with Crippen molar-refractivity contribution in [3.8, 4) is 0 Å². The van der Waals surface area contributed by atoms with Gasteiger partial charge in [0.05, 0.1) is 23.3 Å². The molecule has 2 heterocycles. The van der Waals surface area contributed by atoms with Crippen molar-refractivity contribution in [2.24, 2.45) is 0 Å². The first-order valence-electron chi connectivity index (χ1n) is 6.76. The van der Waals surface area contributed by atoms with Crippen LogP contribution >= 0.6 is 0 Å². The summed E-state index contributed by atoms with van der Waals surface area (Å²) in [5.74, 6) is 0. The van der Waals surface area contributed by atoms with Crippen molar-refractivity contribution in [1.82, 2.24) is 19.7 Å². The number of hydrogen-bond acceptors (Lipinski definition) is 4. The molecule has 5 nitrogen and oxygen atoms in total. The Hall–Kier alpha value is -2.43. The molecule has 0 amide bonds. The van der Waals surface area contributed by atoms with Gasteiger partial charge < -0.3 is 5.32 Å². The maximum atomic E-state index is 4.32. The molecule has 1 unspecified atom stereocenters. The summed E-state index contributed by atoms with van der Waals surface area (Å²) in [6.45, 7) is 5.09. The second kappa shape index (κ2) is 5.28. The minimum absolute atomic E-state index is 0.199. The highest BCUT2D eigenvalue weighted by atomic mass is 15.3. The fourth-order valence-electron chi connectivity index (χ4n) is 2.16. The smallest absolute Gasteiger partial charge is 0.0907 e. The molecule has 0 aliphatic rings. The maximum absolute atomic E-state index is 4.32. The van der Waals surface area contributed by atoms with E-state index in [1.165, 1.54) is 5.56 Å². The Morgan fingerprint density at radius 2 is 2.00 bits per heavy atom. The van der Waals surface area contributed by atoms with Crippen molar-refractivity contribution >= 4 is 16.7 Å². The predicted octanol–water partition coefficient (Wildman–Crippen LogP) is 3.02. The second-order valence-corrected chi connectivity index (χ2v) is 4.76. The highest BCUT2D eigenvalue weighted by Crippen LogP contribution is 2.21. The number of aryl methyl sites for hydroxylation is 1. The Morgan fingerprint density at radius 1 is 1.20 bits per heavy atom. The van der Waals surface area contributed by atoms with E-state index in [1.807, 2.05) is 29.1 Å². The van der Waals surface area contributed by atoms with Gasteiger partial charge in [0.15, 0.2) is 0 Å². The zero-order chi connectivity index (χ0) is 13.9. The average Bonchev–Trinajstić information content (AvgIpc) is 2.96. The fourth-order valence-corrected chi connectivity index (χ4v) is 2.16. The van der Waals surface area contributed by atoms with Crippen LogP contribution in [0.2, 0.25) is 0 Å². The predicted molar refractivity (Wildman–Crippen MR) is 79.5 cm³/mol. The van der Waals surface area contributed by atoms with Crippen molar-refractivity contribution in [3.05, 3.63) is 48.5 Å². The minimum atomic E-state index is 0.199. The molecular weight excluding hydrogens is 250 g/mol. The number of fused-ring (bicyclic) bond motifs is 1. The Balaban J connectivity index is 1.81. The summed E-state index contributed by atoms with van der Waals surface area (Å²) >= 11 is 0. The number of anilines is 1. The molecule has 20 heavy (non-hydrogen) atoms. The van der Waals surface area contributed by atoms with Crippen LogP contribution in [-0.4, -0.2) is 19.7 Å². The van der Waals surface area contributed by atoms with E-state index in [2.05, 4.69) is 40.4 Å². The highest BCUT2D eigenvalue weighted by Gasteiger charge is 2.08. The zero-order valence-corrected chi connectivity index (χ0v) is 11.6. The Labute approximate surface area is 117 Å². The molecule has 0 radical (unpaired) electrons. The van der Waals surface area contributed by atoms with Crippen molar-refractivity contribution in [3.63, 3.8) is 0 Å². The van der Waals surface area contributed by atoms with E-state index in [9.17, 15) is 0 Å². The monoisotopic (exact) mass is 267 g/mol. The van der Waals surface area contributed by atoms with Gasteiger partial charge >= 0.3 is 0 Å². The molecule has 1 aromatic carbocycles. The number of benzene rings is 1. The van der Waals surface area contributed by atoms with Gasteiger partial charge in [-0.1, -0.05) is 0 Å². The molecule has 5 heteroatoms. The summed E-state index contributed by atoms with van der Waals surface area (Å²) in [7, 11) is 0. The highest BCUT2D eigenvalue weighted by molar-refractivity contribution is 5.78. The SMILES string of the molecule is CCn1cc(C(C)Nc2ccc3nccnc3c2)cn1. The van der Waals surface area contributed by atoms with Crippen molar-refractivity contribution in [1.29, 1.82) is 0 Å². The van der Waals surface area contributed by atoms with E-state index in [0.717, 1.165) is 23.3 Å². The fraction of sp³-hybridized carbons (Fsp3) is 0.267. The number of nitrogens with one attached hydrogen (secondary N) is 1. The third-order valence-corrected chi connectivity index (χ3v) is 3.33. The second-order valence-electron chi connectivity index (χ2n) is 4.76. The quantitative estimate of drug-likeness (QED) is 0.789. The lowest BCUT2D eigenvalue weighted by Gasteiger charge is -2.13. The molecule has 2 aromatic heterocycles. The Kier molecular flexibility index (Phi) is 3.33. The van der Waals surface area contributed by atoms with Gasteiger partial charge in [-0.25, -0.2) is 0 Å². The van der Waals surface area contributed by atoms with E-state index in [-0.39, 0.29) is 6.04 Å². The Bertz CT molecular complexity index is 719. The van der Waals surface area contributed by atoms with E-state index in [4.69, 9.17) is 0 Å². The van der Waals surface area contributed by atoms with Crippen LogP contribution in [0.15, 0.2) is 43.0 Å². The topological polar surface area (TPSA) is 55.6 Å². The molecule has 0 saturated heterocycles. The molecule has 1 atom stereocenters. The van der Waals surface area contributed by atoms with E-state index >= 15 is 0 Å². The standard InChI is InChI=1S/C15H17N5/c1-3-20-10-12(9-18-20)11(2)19-13-4-5-14-15(8-13)17-7-6-16-14/h4-11,19H,3H2,1-2H3. The third-order valence-electron chi connectivity index (χ3n) is 3.33. The first-order chi connectivity index (χ1) is 9.76. The molecule has 3 rings (SSSR count). The van der Waals surface area contributed by atoms with Crippen LogP contribution in [0, 0.1) is 0 Å². The van der Waals surface area contributed by atoms with Gasteiger partial charge in [0.25, 0.3) is 0 Å². The van der Waals surface area contributed by atoms with E-state index < -0.39 is 0 Å². The normalized spacial score (nSPS) is 12.5. The first-order valence-corrected chi connectivity index (χ1v) is 6.76. The summed E-state index contributed by atoms with van der Waals surface area (Å²) in [6, 6.07) is 6.22. The van der Waals surface area contributed by atoms with Crippen LogP contribution in [-0.2, 0) is 6.54 Å². The van der Waals surface area contributed by atoms with Crippen LogP contribution in [0.3, 0.4) is 0 Å². The lowest BCUT2D eigenvalue weighted by Crippen LogP contribution is -2.06. The molecule has 0 aliphatic heterocycles. The molecule has 0 bridgehead atoms. The molecule has 0 aliphatic carbocycles. The first kappa shape index (κ1) is 12.6. The zero-order valence-electron chi connectivity index (χ0n) is 11.6. The third kappa shape index (κ3) is 2.47. The molecule has 0 fully saturated rings. The largest absolute Gasteiger partial charge is 0.378 e. The molecule has 102 valence electrons. The number of nitrogens with zero attached hydrogens (tertiary/aromatic N) is 4. The molecule has 0 spiro atoms.